The minimum Gasteiger partial charge on any atom is -0.366 e. The molecule has 0 amide bonds. The third kappa shape index (κ3) is 1.63. The molecule has 0 atom stereocenters. The molecular formula is C6H8N4O3. The molecule has 1 aromatic heterocycles. The molecule has 1 rings (SSSR count). The predicted molar refractivity (Wildman–Crippen MR) is 44.7 cm³/mol. The van der Waals surface area contributed by atoms with E-state index in [1.165, 1.54) is 14.0 Å². The van der Waals surface area contributed by atoms with Gasteiger partial charge in [-0.05, 0) is 0 Å². The monoisotopic (exact) mass is 184 g/mol. The molecule has 0 aliphatic heterocycles. The molecule has 13 heavy (non-hydrogen) atoms. The van der Waals surface area contributed by atoms with Gasteiger partial charge in [0.1, 0.15) is 6.20 Å². The molecule has 0 radical (unpaired) electrons. The van der Waals surface area contributed by atoms with E-state index >= 15 is 0 Å². The Balaban J connectivity index is 3.19. The molecule has 0 unspecified atom stereocenters. The lowest BCUT2D eigenvalue weighted by molar-refractivity contribution is -0.384. The Morgan fingerprint density at radius 3 is 2.69 bits per heavy atom. The largest absolute Gasteiger partial charge is 0.366 e. The Labute approximate surface area is 73.5 Å². The van der Waals surface area contributed by atoms with E-state index in [0.717, 1.165) is 10.9 Å². The highest BCUT2D eigenvalue weighted by molar-refractivity contribution is 5.77. The van der Waals surface area contributed by atoms with Gasteiger partial charge in [-0.15, -0.1) is 5.10 Å². The van der Waals surface area contributed by atoms with Gasteiger partial charge in [-0.3, -0.25) is 14.9 Å². The van der Waals surface area contributed by atoms with E-state index in [4.69, 9.17) is 0 Å². The van der Waals surface area contributed by atoms with Gasteiger partial charge in [-0.1, -0.05) is 0 Å². The van der Waals surface area contributed by atoms with Gasteiger partial charge < -0.3 is 5.32 Å². The van der Waals surface area contributed by atoms with E-state index in [1.54, 1.807) is 0 Å². The van der Waals surface area contributed by atoms with Crippen molar-refractivity contribution in [3.63, 3.8) is 0 Å². The van der Waals surface area contributed by atoms with Crippen LogP contribution in [0.5, 0.6) is 0 Å². The Bertz CT molecular complexity index is 357. The van der Waals surface area contributed by atoms with Crippen molar-refractivity contribution in [2.45, 2.75) is 6.92 Å². The summed E-state index contributed by atoms with van der Waals surface area (Å²) in [7, 11) is 1.50. The highest BCUT2D eigenvalue weighted by Crippen LogP contribution is 2.20. The summed E-state index contributed by atoms with van der Waals surface area (Å²) in [5.41, 5.74) is -0.210. The average molecular weight is 184 g/mol. The first-order chi connectivity index (χ1) is 6.06. The van der Waals surface area contributed by atoms with Crippen molar-refractivity contribution >= 4 is 17.4 Å². The molecule has 1 N–H and O–H groups in total. The molecule has 0 aromatic carbocycles. The van der Waals surface area contributed by atoms with Crippen LogP contribution < -0.4 is 5.32 Å². The topological polar surface area (TPSA) is 90.1 Å². The molecule has 1 heterocycles. The number of anilines is 1. The lowest BCUT2D eigenvalue weighted by Crippen LogP contribution is -2.06. The summed E-state index contributed by atoms with van der Waals surface area (Å²) >= 11 is 0. The molecule has 1 aromatic rings. The van der Waals surface area contributed by atoms with Crippen molar-refractivity contribution in [1.82, 2.24) is 9.78 Å². The van der Waals surface area contributed by atoms with E-state index in [1.807, 2.05) is 0 Å². The quantitative estimate of drug-likeness (QED) is 0.533. The van der Waals surface area contributed by atoms with Crippen molar-refractivity contribution in [2.75, 3.05) is 12.4 Å². The summed E-state index contributed by atoms with van der Waals surface area (Å²) < 4.78 is 0.921. The van der Waals surface area contributed by atoms with Crippen molar-refractivity contribution in [3.8, 4) is 0 Å². The maximum absolute atomic E-state index is 10.8. The summed E-state index contributed by atoms with van der Waals surface area (Å²) in [6.45, 7) is 1.27. The first-order valence-electron chi connectivity index (χ1n) is 3.49. The standard InChI is InChI=1S/C6H8N4O3/c1-4(11)9-3-5(10(12)13)6(7-2)8-9/h3H,1-2H3,(H,7,8). The minimum atomic E-state index is -0.599. The molecule has 0 aliphatic rings. The van der Waals surface area contributed by atoms with E-state index in [2.05, 4.69) is 10.4 Å². The Hall–Kier alpha value is -1.92. The van der Waals surface area contributed by atoms with Gasteiger partial charge in [0.25, 0.3) is 0 Å². The van der Waals surface area contributed by atoms with Gasteiger partial charge in [0.15, 0.2) is 0 Å². The second-order valence-electron chi connectivity index (χ2n) is 2.33. The molecule has 7 nitrogen and oxygen atoms in total. The zero-order valence-corrected chi connectivity index (χ0v) is 7.14. The van der Waals surface area contributed by atoms with Crippen LogP contribution >= 0.6 is 0 Å². The van der Waals surface area contributed by atoms with Gasteiger partial charge in [-0.25, -0.2) is 0 Å². The summed E-state index contributed by atoms with van der Waals surface area (Å²) in [5.74, 6) is -0.287. The SMILES string of the molecule is CNc1nn(C(C)=O)cc1[N+](=O)[O-]. The number of hydrogen-bond donors (Lipinski definition) is 1. The zero-order valence-electron chi connectivity index (χ0n) is 7.14. The molecule has 0 saturated heterocycles. The van der Waals surface area contributed by atoms with Crippen LogP contribution in [0.1, 0.15) is 11.7 Å². The fourth-order valence-electron chi connectivity index (χ4n) is 0.838. The normalized spacial score (nSPS) is 9.69. The van der Waals surface area contributed by atoms with Crippen LogP contribution in [-0.2, 0) is 0 Å². The van der Waals surface area contributed by atoms with Gasteiger partial charge in [0.2, 0.25) is 11.7 Å². The summed E-state index contributed by atoms with van der Waals surface area (Å²) in [4.78, 5) is 20.6. The molecule has 0 fully saturated rings. The maximum Gasteiger partial charge on any atom is 0.331 e. The number of nitrogens with one attached hydrogen (secondary N) is 1. The van der Waals surface area contributed by atoms with Crippen LogP contribution in [0.25, 0.3) is 0 Å². The number of carbonyl (C=O) groups is 1. The van der Waals surface area contributed by atoms with Crippen molar-refractivity contribution in [3.05, 3.63) is 16.3 Å². The average Bonchev–Trinajstić information content (AvgIpc) is 2.47. The number of nitrogens with zero attached hydrogens (tertiary/aromatic N) is 3. The van der Waals surface area contributed by atoms with Crippen molar-refractivity contribution in [1.29, 1.82) is 0 Å². The first-order valence-corrected chi connectivity index (χ1v) is 3.49. The van der Waals surface area contributed by atoms with Crippen LogP contribution in [0.2, 0.25) is 0 Å². The van der Waals surface area contributed by atoms with Crippen LogP contribution in [-0.4, -0.2) is 27.7 Å². The maximum atomic E-state index is 10.8. The molecule has 0 bridgehead atoms. The zero-order chi connectivity index (χ0) is 10.0. The van der Waals surface area contributed by atoms with Gasteiger partial charge in [0, 0.05) is 14.0 Å². The van der Waals surface area contributed by atoms with Crippen LogP contribution in [0.3, 0.4) is 0 Å². The van der Waals surface area contributed by atoms with Crippen LogP contribution in [0.4, 0.5) is 11.5 Å². The second-order valence-corrected chi connectivity index (χ2v) is 2.33. The van der Waals surface area contributed by atoms with Crippen molar-refractivity contribution in [2.24, 2.45) is 0 Å². The summed E-state index contributed by atoms with van der Waals surface area (Å²) in [5, 5.41) is 16.6. The highest BCUT2D eigenvalue weighted by Gasteiger charge is 2.19. The number of nitro groups is 1. The number of aromatic nitrogens is 2. The fraction of sp³-hybridized carbons (Fsp3) is 0.333. The smallest absolute Gasteiger partial charge is 0.331 e. The third-order valence-electron chi connectivity index (χ3n) is 1.45. The lowest BCUT2D eigenvalue weighted by atomic mass is 10.5. The second kappa shape index (κ2) is 3.21. The Morgan fingerprint density at radius 1 is 1.77 bits per heavy atom. The van der Waals surface area contributed by atoms with Gasteiger partial charge in [-0.2, -0.15) is 4.68 Å². The number of carbonyl (C=O) groups excluding carboxylic acids is 1. The number of rotatable bonds is 2. The first kappa shape index (κ1) is 9.17. The van der Waals surface area contributed by atoms with E-state index in [9.17, 15) is 14.9 Å². The summed E-state index contributed by atoms with van der Waals surface area (Å²) in [6.07, 6.45) is 1.08. The lowest BCUT2D eigenvalue weighted by Gasteiger charge is -1.90. The predicted octanol–water partition coefficient (Wildman–Crippen LogP) is 0.493. The minimum absolute atomic E-state index is 0.0835. The van der Waals surface area contributed by atoms with Crippen LogP contribution in [0, 0.1) is 10.1 Å². The van der Waals surface area contributed by atoms with E-state index < -0.39 is 4.92 Å². The molecule has 0 saturated carbocycles. The Kier molecular flexibility index (Phi) is 2.27. The van der Waals surface area contributed by atoms with E-state index in [-0.39, 0.29) is 17.4 Å². The van der Waals surface area contributed by atoms with Gasteiger partial charge >= 0.3 is 5.69 Å². The highest BCUT2D eigenvalue weighted by atomic mass is 16.6. The molecule has 70 valence electrons. The van der Waals surface area contributed by atoms with Crippen LogP contribution in [0.15, 0.2) is 6.20 Å². The molecule has 0 aliphatic carbocycles. The van der Waals surface area contributed by atoms with Gasteiger partial charge in [0.05, 0.1) is 4.92 Å². The van der Waals surface area contributed by atoms with E-state index in [0.29, 0.717) is 0 Å². The number of hydrogen-bond acceptors (Lipinski definition) is 5. The summed E-state index contributed by atoms with van der Waals surface area (Å²) in [6, 6.07) is 0. The molecular weight excluding hydrogens is 176 g/mol. The third-order valence-corrected chi connectivity index (χ3v) is 1.45. The fourth-order valence-corrected chi connectivity index (χ4v) is 0.838. The molecule has 0 spiro atoms. The Morgan fingerprint density at radius 2 is 2.38 bits per heavy atom. The van der Waals surface area contributed by atoms with Crippen molar-refractivity contribution < 1.29 is 9.72 Å². The molecule has 7 heteroatoms.